The maximum Gasteiger partial charge on any atom is 0.107 e. The van der Waals surface area contributed by atoms with Gasteiger partial charge in [0, 0.05) is 17.5 Å². The van der Waals surface area contributed by atoms with Crippen LogP contribution in [-0.4, -0.2) is 4.98 Å². The van der Waals surface area contributed by atoms with E-state index in [1.54, 1.807) is 11.3 Å². The molecule has 0 bridgehead atoms. The molecule has 0 fully saturated rings. The fourth-order valence-corrected chi connectivity index (χ4v) is 2.34. The van der Waals surface area contributed by atoms with E-state index in [0.717, 1.165) is 10.7 Å². The third kappa shape index (κ3) is 2.25. The molecule has 78 valence electrons. The van der Waals surface area contributed by atoms with Crippen molar-refractivity contribution in [1.82, 2.24) is 4.98 Å². The first-order valence-corrected chi connectivity index (χ1v) is 5.80. The molecule has 0 atom stereocenters. The minimum atomic E-state index is 0.523. The van der Waals surface area contributed by atoms with E-state index < -0.39 is 0 Å². The molecule has 1 aromatic heterocycles. The van der Waals surface area contributed by atoms with E-state index >= 15 is 0 Å². The van der Waals surface area contributed by atoms with Gasteiger partial charge in [-0.25, -0.2) is 4.98 Å². The van der Waals surface area contributed by atoms with E-state index in [-0.39, 0.29) is 0 Å². The Morgan fingerprint density at radius 3 is 2.40 bits per heavy atom. The predicted octanol–water partition coefficient (Wildman–Crippen LogP) is 2.89. The Morgan fingerprint density at radius 1 is 1.20 bits per heavy atom. The number of nitrogens with two attached hydrogens (primary N) is 1. The molecule has 0 aliphatic carbocycles. The lowest BCUT2D eigenvalue weighted by atomic mass is 10.1. The maximum absolute atomic E-state index is 5.55. The summed E-state index contributed by atoms with van der Waals surface area (Å²) in [6.45, 7) is 4.73. The number of rotatable bonds is 2. The van der Waals surface area contributed by atoms with Crippen molar-refractivity contribution < 1.29 is 0 Å². The number of thiazole rings is 1. The van der Waals surface area contributed by atoms with Crippen LogP contribution in [0.5, 0.6) is 0 Å². The van der Waals surface area contributed by atoms with Crippen LogP contribution in [0.3, 0.4) is 0 Å². The van der Waals surface area contributed by atoms with Gasteiger partial charge in [0.2, 0.25) is 0 Å². The highest BCUT2D eigenvalue weighted by Gasteiger charge is 2.04. The number of aromatic nitrogens is 1. The smallest absolute Gasteiger partial charge is 0.107 e. The number of hydrogen-bond donors (Lipinski definition) is 1. The Bertz CT molecular complexity index is 454. The summed E-state index contributed by atoms with van der Waals surface area (Å²) in [5.74, 6) is 0. The minimum absolute atomic E-state index is 0.523. The van der Waals surface area contributed by atoms with Crippen LogP contribution in [0.1, 0.15) is 16.1 Å². The summed E-state index contributed by atoms with van der Waals surface area (Å²) in [6, 6.07) is 6.48. The van der Waals surface area contributed by atoms with E-state index in [0.29, 0.717) is 6.54 Å². The molecule has 0 amide bonds. The summed E-state index contributed by atoms with van der Waals surface area (Å²) < 4.78 is 0. The lowest BCUT2D eigenvalue weighted by Gasteiger charge is -2.01. The van der Waals surface area contributed by atoms with E-state index in [1.165, 1.54) is 16.7 Å². The van der Waals surface area contributed by atoms with Gasteiger partial charge in [0.15, 0.2) is 0 Å². The molecule has 0 aliphatic rings. The van der Waals surface area contributed by atoms with Gasteiger partial charge in [-0.1, -0.05) is 17.2 Å². The molecular weight excluding hydrogens is 204 g/mol. The van der Waals surface area contributed by atoms with Crippen molar-refractivity contribution in [3.63, 3.8) is 0 Å². The van der Waals surface area contributed by atoms with Gasteiger partial charge in [-0.15, -0.1) is 11.3 Å². The summed E-state index contributed by atoms with van der Waals surface area (Å²) in [7, 11) is 0. The Hall–Kier alpha value is -1.19. The molecule has 0 unspecified atom stereocenters. The lowest BCUT2D eigenvalue weighted by Crippen LogP contribution is -1.94. The zero-order chi connectivity index (χ0) is 10.8. The van der Waals surface area contributed by atoms with Crippen LogP contribution in [0, 0.1) is 13.8 Å². The number of benzene rings is 1. The molecule has 2 rings (SSSR count). The van der Waals surface area contributed by atoms with Crippen molar-refractivity contribution in [2.75, 3.05) is 0 Å². The average molecular weight is 218 g/mol. The van der Waals surface area contributed by atoms with Gasteiger partial charge in [-0.3, -0.25) is 0 Å². The zero-order valence-electron chi connectivity index (χ0n) is 8.95. The summed E-state index contributed by atoms with van der Waals surface area (Å²) in [5, 5.41) is 3.06. The molecule has 15 heavy (non-hydrogen) atoms. The number of hydrogen-bond acceptors (Lipinski definition) is 3. The normalized spacial score (nSPS) is 10.6. The van der Waals surface area contributed by atoms with Crippen molar-refractivity contribution in [1.29, 1.82) is 0 Å². The number of nitrogens with zero attached hydrogens (tertiary/aromatic N) is 1. The molecule has 0 spiro atoms. The molecule has 2 N–H and O–H groups in total. The molecule has 0 saturated carbocycles. The molecule has 0 saturated heterocycles. The van der Waals surface area contributed by atoms with Crippen molar-refractivity contribution in [3.05, 3.63) is 39.7 Å². The van der Waals surface area contributed by atoms with Crippen molar-refractivity contribution in [3.8, 4) is 11.3 Å². The van der Waals surface area contributed by atoms with Crippen molar-refractivity contribution in [2.45, 2.75) is 20.4 Å². The third-order valence-corrected chi connectivity index (χ3v) is 3.11. The Balaban J connectivity index is 2.44. The SMILES string of the molecule is Cc1cc(C)cc(-c2csc(CN)n2)c1. The number of aryl methyl sites for hydroxylation is 2. The zero-order valence-corrected chi connectivity index (χ0v) is 9.77. The molecule has 2 nitrogen and oxygen atoms in total. The summed E-state index contributed by atoms with van der Waals surface area (Å²) >= 11 is 1.62. The molecule has 1 aromatic carbocycles. The standard InChI is InChI=1S/C12H14N2S/c1-8-3-9(2)5-10(4-8)11-7-15-12(6-13)14-11/h3-5,7H,6,13H2,1-2H3. The monoisotopic (exact) mass is 218 g/mol. The molecule has 3 heteroatoms. The van der Waals surface area contributed by atoms with Gasteiger partial charge >= 0.3 is 0 Å². The molecule has 0 radical (unpaired) electrons. The van der Waals surface area contributed by atoms with Gasteiger partial charge in [0.05, 0.1) is 5.69 Å². The van der Waals surface area contributed by atoms with Gasteiger partial charge in [0.25, 0.3) is 0 Å². The van der Waals surface area contributed by atoms with Crippen LogP contribution >= 0.6 is 11.3 Å². The largest absolute Gasteiger partial charge is 0.325 e. The first-order chi connectivity index (χ1) is 7.19. The Kier molecular flexibility index (Phi) is 2.84. The molecule has 1 heterocycles. The topological polar surface area (TPSA) is 38.9 Å². The highest BCUT2D eigenvalue weighted by atomic mass is 32.1. The van der Waals surface area contributed by atoms with E-state index in [2.05, 4.69) is 42.4 Å². The van der Waals surface area contributed by atoms with Gasteiger partial charge in [0.1, 0.15) is 5.01 Å². The second-order valence-corrected chi connectivity index (χ2v) is 4.65. The van der Waals surface area contributed by atoms with Crippen LogP contribution < -0.4 is 5.73 Å². The second-order valence-electron chi connectivity index (χ2n) is 3.71. The van der Waals surface area contributed by atoms with Gasteiger partial charge in [-0.05, 0) is 26.0 Å². The fourth-order valence-electron chi connectivity index (χ4n) is 1.66. The second kappa shape index (κ2) is 4.13. The maximum atomic E-state index is 5.55. The average Bonchev–Trinajstić information content (AvgIpc) is 2.64. The van der Waals surface area contributed by atoms with Crippen LogP contribution in [-0.2, 0) is 6.54 Å². The molecule has 2 aromatic rings. The highest BCUT2D eigenvalue weighted by Crippen LogP contribution is 2.23. The van der Waals surface area contributed by atoms with Crippen LogP contribution in [0.4, 0.5) is 0 Å². The highest BCUT2D eigenvalue weighted by molar-refractivity contribution is 7.09. The van der Waals surface area contributed by atoms with E-state index in [4.69, 9.17) is 5.73 Å². The van der Waals surface area contributed by atoms with Gasteiger partial charge < -0.3 is 5.73 Å². The van der Waals surface area contributed by atoms with Crippen LogP contribution in [0.15, 0.2) is 23.6 Å². The van der Waals surface area contributed by atoms with Gasteiger partial charge in [-0.2, -0.15) is 0 Å². The fraction of sp³-hybridized carbons (Fsp3) is 0.250. The molecule has 0 aliphatic heterocycles. The first kappa shape index (κ1) is 10.3. The Morgan fingerprint density at radius 2 is 1.87 bits per heavy atom. The Labute approximate surface area is 93.8 Å². The van der Waals surface area contributed by atoms with Crippen LogP contribution in [0.2, 0.25) is 0 Å². The van der Waals surface area contributed by atoms with Crippen LogP contribution in [0.25, 0.3) is 11.3 Å². The third-order valence-electron chi connectivity index (χ3n) is 2.24. The summed E-state index contributed by atoms with van der Waals surface area (Å²) in [4.78, 5) is 4.47. The van der Waals surface area contributed by atoms with Crippen molar-refractivity contribution >= 4 is 11.3 Å². The predicted molar refractivity (Wildman–Crippen MR) is 64.9 cm³/mol. The summed E-state index contributed by atoms with van der Waals surface area (Å²) in [5.41, 5.74) is 10.3. The minimum Gasteiger partial charge on any atom is -0.325 e. The quantitative estimate of drug-likeness (QED) is 0.841. The molecular formula is C12H14N2S. The first-order valence-electron chi connectivity index (χ1n) is 4.92. The van der Waals surface area contributed by atoms with E-state index in [1.807, 2.05) is 0 Å². The lowest BCUT2D eigenvalue weighted by molar-refractivity contribution is 1.04. The van der Waals surface area contributed by atoms with Crippen molar-refractivity contribution in [2.24, 2.45) is 5.73 Å². The summed E-state index contributed by atoms with van der Waals surface area (Å²) in [6.07, 6.45) is 0. The van der Waals surface area contributed by atoms with E-state index in [9.17, 15) is 0 Å².